The Bertz CT molecular complexity index is 1170. The first-order valence-electron chi connectivity index (χ1n) is 10.7. The zero-order valence-corrected chi connectivity index (χ0v) is 19.6. The lowest BCUT2D eigenvalue weighted by Crippen LogP contribution is -2.55. The Labute approximate surface area is 201 Å². The molecule has 0 atom stereocenters. The number of anilines is 2. The minimum atomic E-state index is -0.843. The summed E-state index contributed by atoms with van der Waals surface area (Å²) in [5.74, 6) is -1.11. The van der Waals surface area contributed by atoms with Gasteiger partial charge in [-0.25, -0.2) is 4.39 Å². The van der Waals surface area contributed by atoms with Gasteiger partial charge < -0.3 is 10.2 Å². The fraction of sp³-hybridized carbons (Fsp3) is 0.333. The third-order valence-electron chi connectivity index (χ3n) is 6.36. The summed E-state index contributed by atoms with van der Waals surface area (Å²) in [5, 5.41) is 11.6. The van der Waals surface area contributed by atoms with Gasteiger partial charge in [0, 0.05) is 19.2 Å². The Morgan fingerprint density at radius 1 is 1.27 bits per heavy atom. The number of nitrogens with one attached hydrogen (secondary N) is 1. The minimum absolute atomic E-state index is 0.00213. The predicted molar refractivity (Wildman–Crippen MR) is 129 cm³/mol. The van der Waals surface area contributed by atoms with Gasteiger partial charge in [0.1, 0.15) is 11.6 Å². The van der Waals surface area contributed by atoms with E-state index in [9.17, 15) is 9.59 Å². The van der Waals surface area contributed by atoms with E-state index in [4.69, 9.17) is 29.1 Å². The summed E-state index contributed by atoms with van der Waals surface area (Å²) in [6.45, 7) is 0. The maximum absolute atomic E-state index is 15.0. The zero-order valence-electron chi connectivity index (χ0n) is 18.0. The van der Waals surface area contributed by atoms with Crippen LogP contribution in [-0.2, 0) is 16.0 Å². The van der Waals surface area contributed by atoms with Crippen LogP contribution in [0.1, 0.15) is 43.2 Å². The predicted octanol–water partition coefficient (Wildman–Crippen LogP) is 4.48. The van der Waals surface area contributed by atoms with Gasteiger partial charge in [-0.05, 0) is 74.2 Å². The van der Waals surface area contributed by atoms with Crippen LogP contribution in [0.4, 0.5) is 15.8 Å². The molecule has 9 heteroatoms. The highest BCUT2D eigenvalue weighted by Gasteiger charge is 2.60. The van der Waals surface area contributed by atoms with Gasteiger partial charge in [0.25, 0.3) is 5.91 Å². The van der Waals surface area contributed by atoms with Gasteiger partial charge in [-0.3, -0.25) is 14.5 Å². The molecule has 2 aliphatic rings. The quantitative estimate of drug-likeness (QED) is 0.612. The van der Waals surface area contributed by atoms with Crippen LogP contribution in [0.25, 0.3) is 0 Å². The summed E-state index contributed by atoms with van der Waals surface area (Å²) in [5.41, 5.74) is 0.936. The smallest absolute Gasteiger partial charge is 0.259 e. The van der Waals surface area contributed by atoms with Gasteiger partial charge in [0.15, 0.2) is 10.9 Å². The average Bonchev–Trinajstić information content (AvgIpc) is 3.03. The van der Waals surface area contributed by atoms with Crippen molar-refractivity contribution in [2.24, 2.45) is 0 Å². The lowest BCUT2D eigenvalue weighted by atomic mass is 9.75. The van der Waals surface area contributed by atoms with E-state index < -0.39 is 11.4 Å². The molecule has 1 spiro atoms. The van der Waals surface area contributed by atoms with Crippen LogP contribution in [0.5, 0.6) is 0 Å². The second kappa shape index (κ2) is 9.08. The number of rotatable bonds is 6. The van der Waals surface area contributed by atoms with Crippen molar-refractivity contribution in [1.29, 1.82) is 5.26 Å². The number of hydrogen-bond donors (Lipinski definition) is 1. The van der Waals surface area contributed by atoms with Crippen molar-refractivity contribution in [3.63, 3.8) is 0 Å². The molecule has 2 aromatic carbocycles. The molecule has 1 saturated carbocycles. The molecule has 1 saturated heterocycles. The van der Waals surface area contributed by atoms with Crippen molar-refractivity contribution in [3.05, 3.63) is 58.4 Å². The topological polar surface area (TPSA) is 76.4 Å². The van der Waals surface area contributed by atoms with Crippen LogP contribution < -0.4 is 15.1 Å². The molecule has 1 aliphatic heterocycles. The van der Waals surface area contributed by atoms with E-state index in [1.54, 1.807) is 7.05 Å². The van der Waals surface area contributed by atoms with E-state index in [-0.39, 0.29) is 33.2 Å². The first-order valence-corrected chi connectivity index (χ1v) is 11.5. The number of aryl methyl sites for hydroxylation is 1. The first kappa shape index (κ1) is 23.1. The lowest BCUT2D eigenvalue weighted by Gasteiger charge is -2.43. The number of halogens is 2. The van der Waals surface area contributed by atoms with Crippen molar-refractivity contribution in [1.82, 2.24) is 5.32 Å². The van der Waals surface area contributed by atoms with Gasteiger partial charge in [0.05, 0.1) is 16.3 Å². The number of hydrogen-bond acceptors (Lipinski definition) is 4. The normalized spacial score (nSPS) is 16.7. The average molecular weight is 485 g/mol. The lowest BCUT2D eigenvalue weighted by molar-refractivity contribution is -0.124. The van der Waals surface area contributed by atoms with Crippen molar-refractivity contribution < 1.29 is 14.0 Å². The molecule has 0 unspecified atom stereocenters. The van der Waals surface area contributed by atoms with Gasteiger partial charge in [-0.2, -0.15) is 5.26 Å². The van der Waals surface area contributed by atoms with Gasteiger partial charge in [0.2, 0.25) is 5.91 Å². The van der Waals surface area contributed by atoms with Crippen LogP contribution >= 0.6 is 23.8 Å². The van der Waals surface area contributed by atoms with Crippen LogP contribution in [0, 0.1) is 17.1 Å². The van der Waals surface area contributed by atoms with E-state index in [1.165, 1.54) is 17.0 Å². The van der Waals surface area contributed by atoms with Gasteiger partial charge in [-0.15, -0.1) is 0 Å². The Morgan fingerprint density at radius 3 is 2.55 bits per heavy atom. The van der Waals surface area contributed by atoms with E-state index in [2.05, 4.69) is 5.32 Å². The second-order valence-corrected chi connectivity index (χ2v) is 8.95. The number of carbonyl (C=O) groups excluding carboxylic acids is 2. The van der Waals surface area contributed by atoms with E-state index >= 15 is 4.39 Å². The molecular weight excluding hydrogens is 463 g/mol. The number of benzene rings is 2. The maximum atomic E-state index is 15.0. The van der Waals surface area contributed by atoms with Crippen LogP contribution in [-0.4, -0.2) is 29.5 Å². The zero-order chi connectivity index (χ0) is 23.8. The minimum Gasteiger partial charge on any atom is -0.359 e. The number of nitriles is 1. The third-order valence-corrected chi connectivity index (χ3v) is 7.09. The monoisotopic (exact) mass is 484 g/mol. The van der Waals surface area contributed by atoms with E-state index in [1.807, 2.05) is 35.2 Å². The molecule has 2 fully saturated rings. The van der Waals surface area contributed by atoms with Crippen molar-refractivity contribution >= 4 is 52.1 Å². The highest BCUT2D eigenvalue weighted by atomic mass is 35.5. The van der Waals surface area contributed by atoms with Gasteiger partial charge >= 0.3 is 0 Å². The summed E-state index contributed by atoms with van der Waals surface area (Å²) in [6, 6.07) is 12.3. The summed E-state index contributed by atoms with van der Waals surface area (Å²) >= 11 is 11.7. The fourth-order valence-corrected chi connectivity index (χ4v) is 5.04. The maximum Gasteiger partial charge on any atom is 0.259 e. The number of nitrogens with zero attached hydrogens (tertiary/aromatic N) is 3. The SMILES string of the molecule is CNC(=O)CCCc1ccc(N2C(=S)N(c3ccc(C#N)c(Cl)c3F)C(=O)C23CCC3)cc1. The number of amides is 2. The second-order valence-electron chi connectivity index (χ2n) is 8.21. The molecule has 6 nitrogen and oxygen atoms in total. The molecule has 2 amide bonds. The van der Waals surface area contributed by atoms with E-state index in [0.717, 1.165) is 30.5 Å². The standard InChI is InChI=1S/C24H22ClFN4O2S/c1-28-19(31)5-2-4-15-6-9-17(10-7-15)30-23(33)29(22(32)24(30)12-3-13-24)18-11-8-16(14-27)20(25)21(18)26/h6-11H,2-5,12-13H2,1H3,(H,28,31). The summed E-state index contributed by atoms with van der Waals surface area (Å²) in [7, 11) is 1.62. The molecule has 170 valence electrons. The molecule has 4 rings (SSSR count). The Morgan fingerprint density at radius 2 is 1.97 bits per heavy atom. The van der Waals surface area contributed by atoms with Crippen molar-refractivity contribution in [3.8, 4) is 6.07 Å². The molecule has 1 heterocycles. The largest absolute Gasteiger partial charge is 0.359 e. The van der Waals surface area contributed by atoms with Crippen molar-refractivity contribution in [2.45, 2.75) is 44.1 Å². The Kier molecular flexibility index (Phi) is 6.37. The summed E-state index contributed by atoms with van der Waals surface area (Å²) in [6.07, 6.45) is 4.04. The van der Waals surface area contributed by atoms with Crippen LogP contribution in [0.2, 0.25) is 5.02 Å². The Balaban J connectivity index is 1.63. The van der Waals surface area contributed by atoms with Gasteiger partial charge in [-0.1, -0.05) is 23.7 Å². The summed E-state index contributed by atoms with van der Waals surface area (Å²) < 4.78 is 15.0. The van der Waals surface area contributed by atoms with Crippen molar-refractivity contribution in [2.75, 3.05) is 16.8 Å². The molecule has 0 bridgehead atoms. The third kappa shape index (κ3) is 3.85. The van der Waals surface area contributed by atoms with Crippen LogP contribution in [0.3, 0.4) is 0 Å². The molecule has 0 aromatic heterocycles. The molecule has 1 N–H and O–H groups in total. The first-order chi connectivity index (χ1) is 15.8. The number of carbonyl (C=O) groups is 2. The fourth-order valence-electron chi connectivity index (χ4n) is 4.38. The Hall–Kier alpha value is -3.02. The van der Waals surface area contributed by atoms with E-state index in [0.29, 0.717) is 19.3 Å². The summed E-state index contributed by atoms with van der Waals surface area (Å²) in [4.78, 5) is 27.9. The molecular formula is C24H22ClFN4O2S. The highest BCUT2D eigenvalue weighted by molar-refractivity contribution is 7.81. The molecule has 2 aromatic rings. The molecule has 0 radical (unpaired) electrons. The molecule has 1 aliphatic carbocycles. The highest BCUT2D eigenvalue weighted by Crippen LogP contribution is 2.48. The van der Waals surface area contributed by atoms with Crippen LogP contribution in [0.15, 0.2) is 36.4 Å². The number of thiocarbonyl (C=S) groups is 1. The molecule has 33 heavy (non-hydrogen) atoms.